The number of hydrogen-bond acceptors (Lipinski definition) is 1. The van der Waals surface area contributed by atoms with E-state index in [0.29, 0.717) is 5.92 Å². The van der Waals surface area contributed by atoms with E-state index in [-0.39, 0.29) is 5.56 Å². The molecule has 1 saturated carbocycles. The van der Waals surface area contributed by atoms with Gasteiger partial charge in [-0.05, 0) is 30.9 Å². The van der Waals surface area contributed by atoms with Crippen LogP contribution in [0.5, 0.6) is 0 Å². The molecular formula is C13H14N2O. The van der Waals surface area contributed by atoms with Crippen LogP contribution < -0.4 is 5.56 Å². The van der Waals surface area contributed by atoms with Gasteiger partial charge in [-0.2, -0.15) is 0 Å². The number of hydrogen-bond donors (Lipinski definition) is 1. The summed E-state index contributed by atoms with van der Waals surface area (Å²) in [6.07, 6.45) is 5.42. The van der Waals surface area contributed by atoms with E-state index in [1.54, 1.807) is 4.68 Å². The van der Waals surface area contributed by atoms with E-state index < -0.39 is 0 Å². The van der Waals surface area contributed by atoms with E-state index in [0.717, 1.165) is 24.1 Å². The van der Waals surface area contributed by atoms with Crippen LogP contribution in [0.25, 0.3) is 5.69 Å². The number of nitrogens with zero attached hydrogens (tertiary/aromatic N) is 1. The van der Waals surface area contributed by atoms with Crippen molar-refractivity contribution in [2.45, 2.75) is 25.2 Å². The molecule has 0 spiro atoms. The van der Waals surface area contributed by atoms with Gasteiger partial charge >= 0.3 is 0 Å². The standard InChI is InChI=1S/C13H14N2O/c16-13-12(10-5-4-6-10)9-14-15(13)11-7-2-1-3-8-11/h1-3,7-10,14H,4-6H2. The predicted octanol–water partition coefficient (Wildman–Crippen LogP) is 2.43. The third-order valence-corrected chi connectivity index (χ3v) is 3.36. The van der Waals surface area contributed by atoms with E-state index in [1.807, 2.05) is 36.5 Å². The molecule has 0 radical (unpaired) electrons. The van der Waals surface area contributed by atoms with E-state index >= 15 is 0 Å². The fourth-order valence-electron chi connectivity index (χ4n) is 2.16. The molecule has 0 bridgehead atoms. The number of nitrogens with one attached hydrogen (secondary N) is 1. The van der Waals surface area contributed by atoms with Gasteiger partial charge in [0, 0.05) is 11.8 Å². The van der Waals surface area contributed by atoms with Crippen molar-refractivity contribution < 1.29 is 0 Å². The Morgan fingerprint density at radius 3 is 2.56 bits per heavy atom. The monoisotopic (exact) mass is 214 g/mol. The van der Waals surface area contributed by atoms with E-state index in [1.165, 1.54) is 6.42 Å². The largest absolute Gasteiger partial charge is 0.298 e. The van der Waals surface area contributed by atoms with Crippen LogP contribution in [0.3, 0.4) is 0 Å². The Morgan fingerprint density at radius 1 is 1.19 bits per heavy atom. The van der Waals surface area contributed by atoms with Crippen molar-refractivity contribution in [1.29, 1.82) is 0 Å². The number of aromatic amines is 1. The summed E-state index contributed by atoms with van der Waals surface area (Å²) >= 11 is 0. The Hall–Kier alpha value is -1.77. The first-order valence-electron chi connectivity index (χ1n) is 5.72. The Morgan fingerprint density at radius 2 is 1.94 bits per heavy atom. The quantitative estimate of drug-likeness (QED) is 0.819. The van der Waals surface area contributed by atoms with Crippen molar-refractivity contribution in [3.8, 4) is 5.69 Å². The maximum absolute atomic E-state index is 12.1. The van der Waals surface area contributed by atoms with Crippen LogP contribution in [0.1, 0.15) is 30.7 Å². The molecule has 3 rings (SSSR count). The Bertz CT molecular complexity index is 535. The summed E-state index contributed by atoms with van der Waals surface area (Å²) in [6, 6.07) is 9.69. The Labute approximate surface area is 93.7 Å². The molecule has 3 heteroatoms. The van der Waals surface area contributed by atoms with Crippen LogP contribution in [0.4, 0.5) is 0 Å². The first kappa shape index (κ1) is 9.46. The van der Waals surface area contributed by atoms with Crippen LogP contribution >= 0.6 is 0 Å². The summed E-state index contributed by atoms with van der Waals surface area (Å²) in [5.74, 6) is 0.480. The molecule has 1 heterocycles. The van der Waals surface area contributed by atoms with Crippen LogP contribution in [-0.2, 0) is 0 Å². The van der Waals surface area contributed by atoms with Crippen molar-refractivity contribution in [3.05, 3.63) is 52.4 Å². The zero-order chi connectivity index (χ0) is 11.0. The molecule has 0 atom stereocenters. The second-order valence-electron chi connectivity index (χ2n) is 4.33. The van der Waals surface area contributed by atoms with Crippen LogP contribution in [0.15, 0.2) is 41.3 Å². The molecule has 1 aliphatic carbocycles. The molecule has 0 amide bonds. The van der Waals surface area contributed by atoms with Crippen molar-refractivity contribution >= 4 is 0 Å². The Balaban J connectivity index is 2.03. The van der Waals surface area contributed by atoms with Gasteiger partial charge in [0.15, 0.2) is 0 Å². The minimum Gasteiger partial charge on any atom is -0.298 e. The lowest BCUT2D eigenvalue weighted by molar-refractivity contribution is 0.417. The lowest BCUT2D eigenvalue weighted by Crippen LogP contribution is -2.21. The summed E-state index contributed by atoms with van der Waals surface area (Å²) in [5, 5.41) is 3.04. The summed E-state index contributed by atoms with van der Waals surface area (Å²) in [4.78, 5) is 12.1. The smallest absolute Gasteiger partial charge is 0.274 e. The molecule has 1 aromatic heterocycles. The van der Waals surface area contributed by atoms with Crippen molar-refractivity contribution in [1.82, 2.24) is 9.78 Å². The van der Waals surface area contributed by atoms with Crippen molar-refractivity contribution in [3.63, 3.8) is 0 Å². The van der Waals surface area contributed by atoms with E-state index in [2.05, 4.69) is 5.10 Å². The molecule has 0 saturated heterocycles. The fraction of sp³-hybridized carbons (Fsp3) is 0.308. The molecule has 82 valence electrons. The average Bonchev–Trinajstić information content (AvgIpc) is 2.60. The van der Waals surface area contributed by atoms with Gasteiger partial charge in [-0.15, -0.1) is 0 Å². The third-order valence-electron chi connectivity index (χ3n) is 3.36. The fourth-order valence-corrected chi connectivity index (χ4v) is 2.16. The lowest BCUT2D eigenvalue weighted by Gasteiger charge is -2.23. The molecular weight excluding hydrogens is 200 g/mol. The molecule has 0 unspecified atom stereocenters. The number of para-hydroxylation sites is 1. The molecule has 2 aromatic rings. The second kappa shape index (κ2) is 3.67. The SMILES string of the molecule is O=c1c(C2CCC2)c[nH]n1-c1ccccc1. The van der Waals surface area contributed by atoms with Gasteiger partial charge in [0.25, 0.3) is 5.56 Å². The maximum Gasteiger partial charge on any atom is 0.274 e. The number of benzene rings is 1. The molecule has 1 aliphatic rings. The Kier molecular flexibility index (Phi) is 2.17. The van der Waals surface area contributed by atoms with E-state index in [9.17, 15) is 4.79 Å². The maximum atomic E-state index is 12.1. The summed E-state index contributed by atoms with van der Waals surface area (Å²) in [6.45, 7) is 0. The van der Waals surface area contributed by atoms with Crippen LogP contribution in [-0.4, -0.2) is 9.78 Å². The van der Waals surface area contributed by atoms with Gasteiger partial charge in [-0.1, -0.05) is 24.6 Å². The first-order chi connectivity index (χ1) is 7.86. The van der Waals surface area contributed by atoms with Gasteiger partial charge in [-0.25, -0.2) is 4.68 Å². The van der Waals surface area contributed by atoms with Crippen molar-refractivity contribution in [2.24, 2.45) is 0 Å². The predicted molar refractivity (Wildman–Crippen MR) is 63.0 cm³/mol. The molecule has 3 nitrogen and oxygen atoms in total. The third kappa shape index (κ3) is 1.40. The summed E-state index contributed by atoms with van der Waals surface area (Å²) in [5.41, 5.74) is 1.95. The topological polar surface area (TPSA) is 37.8 Å². The van der Waals surface area contributed by atoms with Crippen LogP contribution in [0, 0.1) is 0 Å². The molecule has 16 heavy (non-hydrogen) atoms. The highest BCUT2D eigenvalue weighted by atomic mass is 16.1. The number of H-pyrrole nitrogens is 1. The van der Waals surface area contributed by atoms with Gasteiger partial charge in [0.1, 0.15) is 0 Å². The van der Waals surface area contributed by atoms with Gasteiger partial charge < -0.3 is 0 Å². The highest BCUT2D eigenvalue weighted by Gasteiger charge is 2.24. The molecule has 1 fully saturated rings. The van der Waals surface area contributed by atoms with Gasteiger partial charge in [-0.3, -0.25) is 9.89 Å². The normalized spacial score (nSPS) is 16.0. The molecule has 1 aromatic carbocycles. The lowest BCUT2D eigenvalue weighted by atomic mass is 9.81. The van der Waals surface area contributed by atoms with Crippen molar-refractivity contribution in [2.75, 3.05) is 0 Å². The highest BCUT2D eigenvalue weighted by molar-refractivity contribution is 5.31. The summed E-state index contributed by atoms with van der Waals surface area (Å²) in [7, 11) is 0. The minimum absolute atomic E-state index is 0.107. The summed E-state index contributed by atoms with van der Waals surface area (Å²) < 4.78 is 1.62. The number of rotatable bonds is 2. The number of aromatic nitrogens is 2. The highest BCUT2D eigenvalue weighted by Crippen LogP contribution is 2.34. The molecule has 0 aliphatic heterocycles. The van der Waals surface area contributed by atoms with E-state index in [4.69, 9.17) is 0 Å². The van der Waals surface area contributed by atoms with Gasteiger partial charge in [0.05, 0.1) is 5.69 Å². The first-order valence-corrected chi connectivity index (χ1v) is 5.72. The van der Waals surface area contributed by atoms with Gasteiger partial charge in [0.2, 0.25) is 0 Å². The zero-order valence-electron chi connectivity index (χ0n) is 9.02. The van der Waals surface area contributed by atoms with Crippen LogP contribution in [0.2, 0.25) is 0 Å². The average molecular weight is 214 g/mol. The zero-order valence-corrected chi connectivity index (χ0v) is 9.02. The second-order valence-corrected chi connectivity index (χ2v) is 4.33. The minimum atomic E-state index is 0.107. The molecule has 1 N–H and O–H groups in total.